The van der Waals surface area contributed by atoms with Gasteiger partial charge in [-0.15, -0.1) is 48.6 Å². The average molecular weight is 517 g/mol. The van der Waals surface area contributed by atoms with Crippen molar-refractivity contribution in [2.24, 2.45) is 0 Å². The van der Waals surface area contributed by atoms with E-state index in [0.717, 1.165) is 47.8 Å². The van der Waals surface area contributed by atoms with Crippen molar-refractivity contribution in [2.45, 2.75) is 19.4 Å². The van der Waals surface area contributed by atoms with Gasteiger partial charge in [0, 0.05) is 43.7 Å². The first-order valence-electron chi connectivity index (χ1n) is 9.41. The van der Waals surface area contributed by atoms with Gasteiger partial charge in [-0.25, -0.2) is 19.9 Å². The third kappa shape index (κ3) is 7.68. The van der Waals surface area contributed by atoms with Crippen LogP contribution in [0.1, 0.15) is 27.1 Å². The number of thiazole rings is 1. The first-order chi connectivity index (χ1) is 14.3. The minimum absolute atomic E-state index is 0. The number of fused-ring (bicyclic) bond motifs is 1. The summed E-state index contributed by atoms with van der Waals surface area (Å²) < 4.78 is 0. The highest BCUT2D eigenvalue weighted by Crippen LogP contribution is 2.11. The quantitative estimate of drug-likeness (QED) is 0.294. The zero-order chi connectivity index (χ0) is 19.9. The van der Waals surface area contributed by atoms with Gasteiger partial charge < -0.3 is 15.6 Å². The molecule has 1 amide bonds. The lowest BCUT2D eigenvalue weighted by molar-refractivity contribution is 0.0945. The molecular weight excluding hydrogens is 493 g/mol. The molecule has 0 radical (unpaired) electrons. The lowest BCUT2D eigenvalue weighted by atomic mass is 10.3. The van der Waals surface area contributed by atoms with Gasteiger partial charge in [0.2, 0.25) is 0 Å². The van der Waals surface area contributed by atoms with E-state index >= 15 is 0 Å². The number of amides is 1. The number of hydrogen-bond acceptors (Lipinski definition) is 7. The highest BCUT2D eigenvalue weighted by atomic mass is 35.5. The first-order valence-corrected chi connectivity index (χ1v) is 10.3. The van der Waals surface area contributed by atoms with Crippen LogP contribution in [0.3, 0.4) is 0 Å². The Morgan fingerprint density at radius 1 is 0.969 bits per heavy atom. The molecule has 0 spiro atoms. The number of rotatable bonds is 9. The second-order valence-electron chi connectivity index (χ2n) is 6.42. The Labute approximate surface area is 208 Å². The zero-order valence-electron chi connectivity index (χ0n) is 17.0. The number of aromatic nitrogens is 5. The number of aromatic amines is 1. The smallest absolute Gasteiger partial charge is 0.271 e. The summed E-state index contributed by atoms with van der Waals surface area (Å²) in [5.41, 5.74) is 2.49. The molecule has 1 aromatic carbocycles. The van der Waals surface area contributed by atoms with Crippen molar-refractivity contribution in [2.75, 3.05) is 13.1 Å². The molecule has 0 aliphatic carbocycles. The van der Waals surface area contributed by atoms with E-state index in [1.807, 2.05) is 24.3 Å². The zero-order valence-corrected chi connectivity index (χ0v) is 20.3. The molecule has 3 heterocycles. The van der Waals surface area contributed by atoms with E-state index in [2.05, 4.69) is 35.6 Å². The molecule has 0 bridgehead atoms. The van der Waals surface area contributed by atoms with Crippen LogP contribution in [0.4, 0.5) is 0 Å². The second kappa shape index (κ2) is 14.0. The number of imidazole rings is 1. The van der Waals surface area contributed by atoms with E-state index < -0.39 is 0 Å². The van der Waals surface area contributed by atoms with Crippen LogP contribution in [0, 0.1) is 0 Å². The van der Waals surface area contributed by atoms with Gasteiger partial charge in [-0.3, -0.25) is 4.79 Å². The van der Waals surface area contributed by atoms with E-state index in [4.69, 9.17) is 0 Å². The maximum Gasteiger partial charge on any atom is 0.271 e. The van der Waals surface area contributed by atoms with Crippen LogP contribution in [-0.2, 0) is 19.4 Å². The van der Waals surface area contributed by atoms with E-state index in [-0.39, 0.29) is 49.7 Å². The Hall–Kier alpha value is -2.30. The monoisotopic (exact) mass is 515 g/mol. The molecule has 0 aliphatic rings. The standard InChI is InChI=1S/C20H21N7OS.3ClH/c28-20(24-12-18-22-8-3-9-23-18)16-13-29-19(27-16)7-11-21-10-6-17-25-14-4-1-2-5-15(14)26-17;;;/h1-5,8-9,13,21H,6-7,10-12H2,(H,24,28)(H,25,26);3*1H. The van der Waals surface area contributed by atoms with Crippen molar-refractivity contribution in [1.82, 2.24) is 35.6 Å². The van der Waals surface area contributed by atoms with Crippen molar-refractivity contribution in [3.63, 3.8) is 0 Å². The molecule has 4 aromatic rings. The van der Waals surface area contributed by atoms with E-state index in [0.29, 0.717) is 11.5 Å². The van der Waals surface area contributed by atoms with Crippen molar-refractivity contribution in [3.8, 4) is 0 Å². The number of nitrogens with zero attached hydrogens (tertiary/aromatic N) is 4. The molecule has 0 unspecified atom stereocenters. The first kappa shape index (κ1) is 27.7. The van der Waals surface area contributed by atoms with Gasteiger partial charge in [-0.2, -0.15) is 0 Å². The van der Waals surface area contributed by atoms with Crippen molar-refractivity contribution in [3.05, 3.63) is 70.5 Å². The van der Waals surface area contributed by atoms with Gasteiger partial charge in [-0.1, -0.05) is 12.1 Å². The second-order valence-corrected chi connectivity index (χ2v) is 7.37. The van der Waals surface area contributed by atoms with Gasteiger partial charge in [0.1, 0.15) is 17.3 Å². The topological polar surface area (TPSA) is 108 Å². The Bertz CT molecular complexity index is 1060. The molecule has 12 heteroatoms. The number of benzene rings is 1. The van der Waals surface area contributed by atoms with Crippen LogP contribution < -0.4 is 10.6 Å². The van der Waals surface area contributed by atoms with Gasteiger partial charge >= 0.3 is 0 Å². The molecule has 0 saturated heterocycles. The molecule has 0 aliphatic heterocycles. The van der Waals surface area contributed by atoms with Crippen LogP contribution in [0.25, 0.3) is 11.0 Å². The summed E-state index contributed by atoms with van der Waals surface area (Å²) in [5.74, 6) is 1.34. The summed E-state index contributed by atoms with van der Waals surface area (Å²) in [6, 6.07) is 9.76. The van der Waals surface area contributed by atoms with Crippen LogP contribution in [0.15, 0.2) is 48.1 Å². The van der Waals surface area contributed by atoms with E-state index in [9.17, 15) is 4.79 Å². The van der Waals surface area contributed by atoms with Crippen LogP contribution in [0.2, 0.25) is 0 Å². The van der Waals surface area contributed by atoms with Gasteiger partial charge in [0.25, 0.3) is 5.91 Å². The predicted octanol–water partition coefficient (Wildman–Crippen LogP) is 3.38. The molecular formula is C20H24Cl3N7OS. The molecule has 3 aromatic heterocycles. The Balaban J connectivity index is 0.00000171. The maximum atomic E-state index is 12.2. The Kier molecular flexibility index (Phi) is 12.1. The third-order valence-corrected chi connectivity index (χ3v) is 5.21. The summed E-state index contributed by atoms with van der Waals surface area (Å²) >= 11 is 1.50. The summed E-state index contributed by atoms with van der Waals surface area (Å²) in [4.78, 5) is 32.7. The summed E-state index contributed by atoms with van der Waals surface area (Å²) in [6.07, 6.45) is 4.91. The van der Waals surface area contributed by atoms with Crippen LogP contribution in [-0.4, -0.2) is 43.9 Å². The molecule has 0 atom stereocenters. The number of carbonyl (C=O) groups is 1. The SMILES string of the molecule is Cl.Cl.Cl.O=C(NCc1ncccn1)c1csc(CCNCCc2nc3ccccc3[nH]2)n1. The van der Waals surface area contributed by atoms with Crippen molar-refractivity contribution in [1.29, 1.82) is 0 Å². The third-order valence-electron chi connectivity index (χ3n) is 4.30. The van der Waals surface area contributed by atoms with E-state index in [1.165, 1.54) is 11.3 Å². The number of H-pyrrole nitrogens is 1. The van der Waals surface area contributed by atoms with E-state index in [1.54, 1.807) is 23.8 Å². The molecule has 4 rings (SSSR count). The fraction of sp³-hybridized carbons (Fsp3) is 0.250. The molecule has 8 nitrogen and oxygen atoms in total. The number of hydrogen-bond donors (Lipinski definition) is 3. The van der Waals surface area contributed by atoms with Crippen LogP contribution >= 0.6 is 48.6 Å². The van der Waals surface area contributed by atoms with Gasteiger partial charge in [0.15, 0.2) is 0 Å². The number of carbonyl (C=O) groups excluding carboxylic acids is 1. The number of halogens is 3. The summed E-state index contributed by atoms with van der Waals surface area (Å²) in [7, 11) is 0. The maximum absolute atomic E-state index is 12.2. The summed E-state index contributed by atoms with van der Waals surface area (Å²) in [5, 5.41) is 8.91. The molecule has 32 heavy (non-hydrogen) atoms. The minimum Gasteiger partial charge on any atom is -0.343 e. The molecule has 0 saturated carbocycles. The van der Waals surface area contributed by atoms with Crippen molar-refractivity contribution >= 4 is 65.5 Å². The fourth-order valence-corrected chi connectivity index (χ4v) is 3.63. The number of para-hydroxylation sites is 2. The van der Waals surface area contributed by atoms with Gasteiger partial charge in [0.05, 0.1) is 22.6 Å². The Morgan fingerprint density at radius 3 is 2.50 bits per heavy atom. The van der Waals surface area contributed by atoms with Crippen LogP contribution in [0.5, 0.6) is 0 Å². The molecule has 172 valence electrons. The van der Waals surface area contributed by atoms with Crippen molar-refractivity contribution < 1.29 is 4.79 Å². The average Bonchev–Trinajstić information content (AvgIpc) is 3.39. The molecule has 0 fully saturated rings. The largest absolute Gasteiger partial charge is 0.343 e. The van der Waals surface area contributed by atoms with Gasteiger partial charge in [-0.05, 0) is 18.2 Å². The summed E-state index contributed by atoms with van der Waals surface area (Å²) in [6.45, 7) is 1.91. The highest BCUT2D eigenvalue weighted by molar-refractivity contribution is 7.09. The normalized spacial score (nSPS) is 10.0. The lowest BCUT2D eigenvalue weighted by Crippen LogP contribution is -2.24. The lowest BCUT2D eigenvalue weighted by Gasteiger charge is -2.02. The predicted molar refractivity (Wildman–Crippen MR) is 133 cm³/mol. The Morgan fingerprint density at radius 2 is 1.72 bits per heavy atom. The minimum atomic E-state index is -0.210. The highest BCUT2D eigenvalue weighted by Gasteiger charge is 2.11. The fourth-order valence-electron chi connectivity index (χ4n) is 2.85. The number of nitrogens with one attached hydrogen (secondary N) is 3. The molecule has 3 N–H and O–H groups in total.